The number of aliphatic imine (C=N–C) groups is 1. The molecule has 0 unspecified atom stereocenters. The molecule has 0 atom stereocenters. The summed E-state index contributed by atoms with van der Waals surface area (Å²) in [7, 11) is 3.98. The molecule has 0 saturated carbocycles. The van der Waals surface area contributed by atoms with Crippen molar-refractivity contribution in [1.82, 2.24) is 0 Å². The number of nitrogens with two attached hydrogens (primary N) is 1. The van der Waals surface area contributed by atoms with E-state index in [1.165, 1.54) is 0 Å². The van der Waals surface area contributed by atoms with Crippen LogP contribution in [-0.2, 0) is 4.79 Å². The van der Waals surface area contributed by atoms with Crippen molar-refractivity contribution in [2.24, 2.45) is 10.7 Å². The molecule has 4 heteroatoms. The summed E-state index contributed by atoms with van der Waals surface area (Å²) in [6, 6.07) is 7.86. The summed E-state index contributed by atoms with van der Waals surface area (Å²) in [6.45, 7) is 3.52. The van der Waals surface area contributed by atoms with Crippen LogP contribution in [0.2, 0.25) is 0 Å². The monoisotopic (exact) mass is 269 g/mol. The molecular formula is C16H19N3O. The second kappa shape index (κ2) is 5.33. The number of ketones is 1. The largest absolute Gasteiger partial charge is 0.397 e. The third kappa shape index (κ3) is 2.64. The van der Waals surface area contributed by atoms with Crippen molar-refractivity contribution in [3.63, 3.8) is 0 Å². The Labute approximate surface area is 119 Å². The molecule has 0 heterocycles. The number of carbonyl (C=O) groups is 1. The summed E-state index contributed by atoms with van der Waals surface area (Å²) in [5.74, 6) is -0.00981. The standard InChI is InChI=1S/C16H19N3O/c1-10-9-14(15(17)11(2)16(10)20)18-12-5-7-13(8-6-12)19(3)4/h5-9H,17H2,1-4H3. The van der Waals surface area contributed by atoms with Gasteiger partial charge in [0.1, 0.15) is 0 Å². The molecule has 1 aliphatic rings. The van der Waals surface area contributed by atoms with Crippen molar-refractivity contribution < 1.29 is 4.79 Å². The SMILES string of the molecule is CC1=CC(=Nc2ccc(N(C)C)cc2)C(N)=C(C)C1=O. The van der Waals surface area contributed by atoms with Gasteiger partial charge in [-0.3, -0.25) is 4.79 Å². The van der Waals surface area contributed by atoms with E-state index in [0.29, 0.717) is 22.6 Å². The van der Waals surface area contributed by atoms with Gasteiger partial charge in [-0.15, -0.1) is 0 Å². The van der Waals surface area contributed by atoms with Crippen LogP contribution in [0.1, 0.15) is 13.8 Å². The highest BCUT2D eigenvalue weighted by Gasteiger charge is 2.19. The average Bonchev–Trinajstić information content (AvgIpc) is 2.43. The third-order valence-electron chi connectivity index (χ3n) is 3.35. The second-order valence-electron chi connectivity index (χ2n) is 5.10. The van der Waals surface area contributed by atoms with Crippen LogP contribution in [0.15, 0.2) is 52.2 Å². The van der Waals surface area contributed by atoms with E-state index in [4.69, 9.17) is 5.73 Å². The fourth-order valence-electron chi connectivity index (χ4n) is 2.02. The summed E-state index contributed by atoms with van der Waals surface area (Å²) in [5.41, 5.74) is 10.2. The first kappa shape index (κ1) is 14.1. The van der Waals surface area contributed by atoms with Crippen molar-refractivity contribution >= 4 is 22.9 Å². The fraction of sp³-hybridized carbons (Fsp3) is 0.250. The zero-order valence-electron chi connectivity index (χ0n) is 12.3. The number of hydrogen-bond acceptors (Lipinski definition) is 4. The number of carbonyl (C=O) groups excluding carboxylic acids is 1. The number of benzene rings is 1. The van der Waals surface area contributed by atoms with Gasteiger partial charge in [-0.1, -0.05) is 0 Å². The van der Waals surface area contributed by atoms with Crippen LogP contribution in [0.5, 0.6) is 0 Å². The fourth-order valence-corrected chi connectivity index (χ4v) is 2.02. The van der Waals surface area contributed by atoms with Gasteiger partial charge in [0.25, 0.3) is 0 Å². The van der Waals surface area contributed by atoms with Crippen LogP contribution >= 0.6 is 0 Å². The highest BCUT2D eigenvalue weighted by atomic mass is 16.1. The zero-order chi connectivity index (χ0) is 14.9. The molecule has 0 saturated heterocycles. The average molecular weight is 269 g/mol. The molecular weight excluding hydrogens is 250 g/mol. The summed E-state index contributed by atoms with van der Waals surface area (Å²) in [5, 5.41) is 0. The minimum absolute atomic E-state index is 0.00981. The number of anilines is 1. The lowest BCUT2D eigenvalue weighted by Gasteiger charge is -2.15. The van der Waals surface area contributed by atoms with Crippen molar-refractivity contribution in [3.8, 4) is 0 Å². The molecule has 104 valence electrons. The van der Waals surface area contributed by atoms with Crippen LogP contribution in [0, 0.1) is 0 Å². The van der Waals surface area contributed by atoms with Crippen LogP contribution in [-0.4, -0.2) is 25.6 Å². The van der Waals surface area contributed by atoms with Gasteiger partial charge in [-0.25, -0.2) is 4.99 Å². The normalized spacial score (nSPS) is 17.5. The molecule has 2 N–H and O–H groups in total. The minimum atomic E-state index is -0.00981. The summed E-state index contributed by atoms with van der Waals surface area (Å²) >= 11 is 0. The first-order valence-electron chi connectivity index (χ1n) is 6.46. The van der Waals surface area contributed by atoms with E-state index in [1.54, 1.807) is 19.9 Å². The molecule has 20 heavy (non-hydrogen) atoms. The molecule has 4 nitrogen and oxygen atoms in total. The number of allylic oxidation sites excluding steroid dienone is 3. The van der Waals surface area contributed by atoms with E-state index in [-0.39, 0.29) is 5.78 Å². The molecule has 2 rings (SSSR count). The molecule has 0 radical (unpaired) electrons. The van der Waals surface area contributed by atoms with Crippen LogP contribution in [0.25, 0.3) is 0 Å². The Morgan fingerprint density at radius 3 is 2.25 bits per heavy atom. The van der Waals surface area contributed by atoms with Crippen molar-refractivity contribution in [2.75, 3.05) is 19.0 Å². The summed E-state index contributed by atoms with van der Waals surface area (Å²) in [6.07, 6.45) is 1.74. The maximum absolute atomic E-state index is 11.8. The second-order valence-corrected chi connectivity index (χ2v) is 5.10. The van der Waals surface area contributed by atoms with E-state index < -0.39 is 0 Å². The van der Waals surface area contributed by atoms with E-state index >= 15 is 0 Å². The Bertz CT molecular complexity index is 634. The molecule has 0 spiro atoms. The molecule has 1 aromatic carbocycles. The van der Waals surface area contributed by atoms with Crippen LogP contribution < -0.4 is 10.6 Å². The first-order chi connectivity index (χ1) is 9.40. The lowest BCUT2D eigenvalue weighted by Crippen LogP contribution is -2.21. The third-order valence-corrected chi connectivity index (χ3v) is 3.35. The predicted molar refractivity (Wildman–Crippen MR) is 83.5 cm³/mol. The lowest BCUT2D eigenvalue weighted by molar-refractivity contribution is -0.112. The van der Waals surface area contributed by atoms with Crippen molar-refractivity contribution in [3.05, 3.63) is 47.2 Å². The van der Waals surface area contributed by atoms with Gasteiger partial charge in [-0.05, 0) is 49.8 Å². The van der Waals surface area contributed by atoms with E-state index in [9.17, 15) is 4.79 Å². The van der Waals surface area contributed by atoms with Gasteiger partial charge < -0.3 is 10.6 Å². The number of rotatable bonds is 2. The predicted octanol–water partition coefficient (Wildman–Crippen LogP) is 2.59. The topological polar surface area (TPSA) is 58.7 Å². The Morgan fingerprint density at radius 1 is 1.10 bits per heavy atom. The first-order valence-corrected chi connectivity index (χ1v) is 6.46. The zero-order valence-corrected chi connectivity index (χ0v) is 12.3. The lowest BCUT2D eigenvalue weighted by atomic mass is 9.95. The number of nitrogens with zero attached hydrogens (tertiary/aromatic N) is 2. The highest BCUT2D eigenvalue weighted by molar-refractivity contribution is 6.24. The van der Waals surface area contributed by atoms with E-state index in [2.05, 4.69) is 4.99 Å². The molecule has 0 amide bonds. The molecule has 0 bridgehead atoms. The number of hydrogen-bond donors (Lipinski definition) is 1. The van der Waals surface area contributed by atoms with Crippen molar-refractivity contribution in [1.29, 1.82) is 0 Å². The Balaban J connectivity index is 2.38. The van der Waals surface area contributed by atoms with Crippen LogP contribution in [0.4, 0.5) is 11.4 Å². The van der Waals surface area contributed by atoms with E-state index in [1.807, 2.05) is 43.3 Å². The smallest absolute Gasteiger partial charge is 0.186 e. The maximum atomic E-state index is 11.8. The maximum Gasteiger partial charge on any atom is 0.186 e. The minimum Gasteiger partial charge on any atom is -0.397 e. The van der Waals surface area contributed by atoms with Gasteiger partial charge >= 0.3 is 0 Å². The van der Waals surface area contributed by atoms with Crippen molar-refractivity contribution in [2.45, 2.75) is 13.8 Å². The molecule has 0 aliphatic heterocycles. The Hall–Kier alpha value is -2.36. The number of Topliss-reactive ketones (excluding diaryl/α,β-unsaturated/α-hetero) is 1. The Morgan fingerprint density at radius 2 is 1.70 bits per heavy atom. The quantitative estimate of drug-likeness (QED) is 0.839. The molecule has 1 aromatic rings. The van der Waals surface area contributed by atoms with Gasteiger partial charge in [-0.2, -0.15) is 0 Å². The van der Waals surface area contributed by atoms with Crippen LogP contribution in [0.3, 0.4) is 0 Å². The summed E-state index contributed by atoms with van der Waals surface area (Å²) in [4.78, 5) is 18.3. The van der Waals surface area contributed by atoms with Gasteiger partial charge in [0.2, 0.25) is 0 Å². The molecule has 1 aliphatic carbocycles. The van der Waals surface area contributed by atoms with Gasteiger partial charge in [0.05, 0.1) is 17.1 Å². The summed E-state index contributed by atoms with van der Waals surface area (Å²) < 4.78 is 0. The molecule has 0 aromatic heterocycles. The highest BCUT2D eigenvalue weighted by Crippen LogP contribution is 2.22. The van der Waals surface area contributed by atoms with E-state index in [0.717, 1.165) is 11.4 Å². The molecule has 0 fully saturated rings. The Kier molecular flexibility index (Phi) is 3.74. The van der Waals surface area contributed by atoms with Gasteiger partial charge in [0.15, 0.2) is 5.78 Å². The van der Waals surface area contributed by atoms with Gasteiger partial charge in [0, 0.05) is 25.4 Å².